The second-order valence-electron chi connectivity index (χ2n) is 14.2. The van der Waals surface area contributed by atoms with E-state index in [2.05, 4.69) is 40.5 Å². The van der Waals surface area contributed by atoms with E-state index < -0.39 is 104 Å². The van der Waals surface area contributed by atoms with E-state index in [1.807, 2.05) is 0 Å². The number of fused-ring (bicyclic) bond motifs is 2. The van der Waals surface area contributed by atoms with Crippen LogP contribution in [0.15, 0.2) is 54.1 Å². The van der Waals surface area contributed by atoms with Crippen molar-refractivity contribution in [3.63, 3.8) is 0 Å². The number of aromatic nitrogens is 8. The lowest BCUT2D eigenvalue weighted by Crippen LogP contribution is -2.37. The van der Waals surface area contributed by atoms with Gasteiger partial charge in [0.2, 0.25) is 11.9 Å². The van der Waals surface area contributed by atoms with Crippen LogP contribution in [0, 0.1) is 11.3 Å². The van der Waals surface area contributed by atoms with Crippen molar-refractivity contribution in [2.75, 3.05) is 23.8 Å². The Morgan fingerprint density at radius 2 is 1.76 bits per heavy atom. The second kappa shape index (κ2) is 14.8. The fourth-order valence-corrected chi connectivity index (χ4v) is 8.52. The largest absolute Gasteiger partial charge is 0.394 e. The van der Waals surface area contributed by atoms with Gasteiger partial charge in [-0.25, -0.2) is 33.1 Å². The van der Waals surface area contributed by atoms with E-state index in [9.17, 15) is 29.5 Å². The van der Waals surface area contributed by atoms with Crippen LogP contribution < -0.4 is 16.2 Å². The predicted octanol–water partition coefficient (Wildman–Crippen LogP) is 1.94. The van der Waals surface area contributed by atoms with Gasteiger partial charge in [0, 0.05) is 17.9 Å². The number of hydrogen-bond donors (Lipinski definition) is 6. The van der Waals surface area contributed by atoms with E-state index in [0.717, 1.165) is 17.2 Å². The summed E-state index contributed by atoms with van der Waals surface area (Å²) in [6.07, 6.45) is -9.64. The molecule has 2 amide bonds. The summed E-state index contributed by atoms with van der Waals surface area (Å²) in [5, 5.41) is 26.1. The van der Waals surface area contributed by atoms with Crippen molar-refractivity contribution in [1.82, 2.24) is 39.0 Å². The van der Waals surface area contributed by atoms with Crippen LogP contribution in [0.25, 0.3) is 22.3 Å². The molecule has 0 radical (unpaired) electrons. The Kier molecular flexibility index (Phi) is 10.2. The molecule has 9 atom stereocenters. The van der Waals surface area contributed by atoms with Gasteiger partial charge >= 0.3 is 6.72 Å². The van der Waals surface area contributed by atoms with Gasteiger partial charge < -0.3 is 34.4 Å². The van der Waals surface area contributed by atoms with Crippen molar-refractivity contribution in [1.29, 1.82) is 0 Å². The number of amides is 2. The minimum atomic E-state index is -4.61. The fraction of sp³-hybridized carbons (Fsp3) is 0.455. The predicted molar refractivity (Wildman–Crippen MR) is 196 cm³/mol. The monoisotopic (exact) mass is 850 g/mol. The Balaban J connectivity index is 1.02. The molecule has 2 aliphatic heterocycles. The highest BCUT2D eigenvalue weighted by atomic mass is 32.5. The van der Waals surface area contributed by atoms with Crippen LogP contribution >= 0.6 is 6.72 Å². The summed E-state index contributed by atoms with van der Waals surface area (Å²) < 4.78 is 71.5. The van der Waals surface area contributed by atoms with E-state index in [1.165, 1.54) is 10.9 Å². The summed E-state index contributed by atoms with van der Waals surface area (Å²) in [4.78, 5) is 72.2. The molecule has 0 bridgehead atoms. The minimum absolute atomic E-state index is 0.00210. The molecule has 20 nitrogen and oxygen atoms in total. The van der Waals surface area contributed by atoms with Gasteiger partial charge in [0.15, 0.2) is 46.8 Å². The molecule has 5 aromatic rings. The standard InChI is InChI=1S/C33H34F3N10O10PS/c1-14(2)26(49)43-31-42-25-20(28(51)44-31)40-13-46(25)29-18(34)21(48)16(54-29)9-53-57(52,58)56-22-30(55-17(8-47)32(22)10-33(32,35)36)45-12-39-19-23(37-11-38-24(19)45)41-27(50)15-6-4-3-5-7-15/h3-7,11-14,16-18,21-22,29-30,47-48H,8-10H2,1-2H3,(H,52,58)(H,37,38,41,50)(H2,42,43,44,49,51)/t16-,17-,18-,21-,22+,29-,30-,32-,57?/m1/s1. The first-order valence-electron chi connectivity index (χ1n) is 17.6. The van der Waals surface area contributed by atoms with E-state index in [0.29, 0.717) is 5.56 Å². The molecule has 3 fully saturated rings. The third-order valence-corrected chi connectivity index (χ3v) is 11.7. The van der Waals surface area contributed by atoms with Crippen LogP contribution in [0.5, 0.6) is 0 Å². The molecule has 1 spiro atoms. The highest BCUT2D eigenvalue weighted by molar-refractivity contribution is 8.07. The molecule has 2 saturated heterocycles. The van der Waals surface area contributed by atoms with Crippen LogP contribution in [0.4, 0.5) is 24.9 Å². The number of aromatic amines is 1. The first kappa shape index (κ1) is 40.0. The number of carbonyl (C=O) groups excluding carboxylic acids is 2. The van der Waals surface area contributed by atoms with Crippen LogP contribution in [-0.2, 0) is 35.1 Å². The Hall–Kier alpha value is -4.78. The van der Waals surface area contributed by atoms with Crippen molar-refractivity contribution < 1.29 is 56.4 Å². The highest BCUT2D eigenvalue weighted by Gasteiger charge is 2.83. The van der Waals surface area contributed by atoms with E-state index in [4.69, 9.17) is 30.3 Å². The summed E-state index contributed by atoms with van der Waals surface area (Å²) >= 11 is 5.24. The number of H-pyrrole nitrogens is 1. The maximum absolute atomic E-state index is 15.6. The molecule has 1 unspecified atom stereocenters. The number of benzene rings is 1. The molecular weight excluding hydrogens is 816 g/mol. The Morgan fingerprint density at radius 3 is 2.43 bits per heavy atom. The third kappa shape index (κ3) is 6.86. The summed E-state index contributed by atoms with van der Waals surface area (Å²) in [6, 6.07) is 8.22. The number of ether oxygens (including phenoxy) is 2. The number of imidazole rings is 2. The van der Waals surface area contributed by atoms with Gasteiger partial charge in [0.1, 0.15) is 24.6 Å². The molecule has 8 rings (SSSR count). The molecular formula is C33H34F3N10O10PS. The number of halogens is 3. The Labute approximate surface area is 329 Å². The second-order valence-corrected chi connectivity index (χ2v) is 16.9. The number of anilines is 2. The van der Waals surface area contributed by atoms with Gasteiger partial charge in [-0.1, -0.05) is 32.0 Å². The smallest absolute Gasteiger partial charge is 0.325 e. The zero-order chi connectivity index (χ0) is 41.3. The van der Waals surface area contributed by atoms with Gasteiger partial charge in [-0.05, 0) is 23.9 Å². The van der Waals surface area contributed by atoms with Crippen molar-refractivity contribution >= 4 is 64.4 Å². The Bertz CT molecular complexity index is 2510. The van der Waals surface area contributed by atoms with Crippen LogP contribution in [0.1, 0.15) is 43.1 Å². The number of aliphatic hydroxyl groups is 2. The average molecular weight is 851 g/mol. The molecule has 6 heterocycles. The Morgan fingerprint density at radius 1 is 1.07 bits per heavy atom. The summed E-state index contributed by atoms with van der Waals surface area (Å²) in [6.45, 7) is -3.06. The number of carbonyl (C=O) groups is 2. The molecule has 1 aromatic carbocycles. The van der Waals surface area contributed by atoms with Gasteiger partial charge in [0.25, 0.3) is 17.4 Å². The maximum atomic E-state index is 15.6. The normalized spacial score (nSPS) is 28.7. The van der Waals surface area contributed by atoms with Gasteiger partial charge in [-0.3, -0.25) is 38.3 Å². The molecule has 6 N–H and O–H groups in total. The number of nitrogens with zero attached hydrogens (tertiary/aromatic N) is 7. The molecule has 3 aliphatic rings. The molecule has 308 valence electrons. The fourth-order valence-electron chi connectivity index (χ4n) is 7.08. The van der Waals surface area contributed by atoms with Crippen molar-refractivity contribution in [3.8, 4) is 0 Å². The lowest BCUT2D eigenvalue weighted by molar-refractivity contribution is -0.118. The van der Waals surface area contributed by atoms with Crippen LogP contribution in [0.3, 0.4) is 0 Å². The summed E-state index contributed by atoms with van der Waals surface area (Å²) in [5.41, 5.74) is -3.00. The quantitative estimate of drug-likeness (QED) is 0.0980. The van der Waals surface area contributed by atoms with E-state index in [1.54, 1.807) is 44.2 Å². The average Bonchev–Trinajstić information content (AvgIpc) is 3.68. The molecule has 1 saturated carbocycles. The lowest BCUT2D eigenvalue weighted by Gasteiger charge is -2.29. The number of aliphatic hydroxyl groups excluding tert-OH is 2. The molecule has 1 aliphatic carbocycles. The third-order valence-electron chi connectivity index (χ3n) is 10.2. The SMILES string of the molecule is CC(C)C(=O)Nc1nc2c(ncn2[C@@H]2O[C@H](COP(O)(=S)O[C@H]3[C@H](n4cnc5c(NC(=O)c6ccccc6)ncnc54)O[C@H](CO)[C@]34CC4(F)F)[C@@H](O)[C@H]2F)c(=O)[nH]1. The number of nitrogens with one attached hydrogen (secondary N) is 3. The highest BCUT2D eigenvalue weighted by Crippen LogP contribution is 2.72. The molecule has 25 heteroatoms. The summed E-state index contributed by atoms with van der Waals surface area (Å²) in [5.74, 6) is -5.17. The van der Waals surface area contributed by atoms with Gasteiger partial charge in [0.05, 0.1) is 37.4 Å². The lowest BCUT2D eigenvalue weighted by atomic mass is 9.94. The molecule has 58 heavy (non-hydrogen) atoms. The van der Waals surface area contributed by atoms with Crippen molar-refractivity contribution in [2.45, 2.75) is 69.2 Å². The van der Waals surface area contributed by atoms with Crippen molar-refractivity contribution in [2.24, 2.45) is 11.3 Å². The zero-order valence-corrected chi connectivity index (χ0v) is 31.9. The zero-order valence-electron chi connectivity index (χ0n) is 30.2. The first-order valence-corrected chi connectivity index (χ1v) is 20.2. The van der Waals surface area contributed by atoms with Crippen LogP contribution in [0.2, 0.25) is 0 Å². The number of hydrogen-bond acceptors (Lipinski definition) is 15. The molecule has 4 aromatic heterocycles. The summed E-state index contributed by atoms with van der Waals surface area (Å²) in [7, 11) is 0. The van der Waals surface area contributed by atoms with Gasteiger partial charge in [-0.15, -0.1) is 0 Å². The van der Waals surface area contributed by atoms with E-state index >= 15 is 13.2 Å². The van der Waals surface area contributed by atoms with E-state index in [-0.39, 0.29) is 34.1 Å². The van der Waals surface area contributed by atoms with Crippen molar-refractivity contribution in [3.05, 3.63) is 65.2 Å². The van der Waals surface area contributed by atoms with Gasteiger partial charge in [-0.2, -0.15) is 4.98 Å². The maximum Gasteiger partial charge on any atom is 0.325 e. The minimum Gasteiger partial charge on any atom is -0.394 e. The first-order chi connectivity index (χ1) is 27.5. The topological polar surface area (TPSA) is 263 Å². The number of alkyl halides is 3. The number of rotatable bonds is 12. The van der Waals surface area contributed by atoms with Crippen LogP contribution in [-0.4, -0.2) is 116 Å².